The van der Waals surface area contributed by atoms with Crippen molar-refractivity contribution in [1.82, 2.24) is 19.3 Å². The summed E-state index contributed by atoms with van der Waals surface area (Å²) in [6.07, 6.45) is 1.74. The van der Waals surface area contributed by atoms with Crippen LogP contribution < -0.4 is 16.5 Å². The number of hydrogen-bond acceptors (Lipinski definition) is 9. The number of ether oxygens (including phenoxy) is 2. The lowest BCUT2D eigenvalue weighted by Crippen LogP contribution is -2.49. The molecule has 1 fully saturated rings. The lowest BCUT2D eigenvalue weighted by atomic mass is 10.1. The molecule has 0 aliphatic carbocycles. The number of nitrogens with two attached hydrogens (primary N) is 1. The fraction of sp³-hybridized carbons (Fsp3) is 0.792. The van der Waals surface area contributed by atoms with Crippen molar-refractivity contribution < 1.29 is 27.7 Å². The number of halogens is 1. The highest BCUT2D eigenvalue weighted by molar-refractivity contribution is 8.00. The van der Waals surface area contributed by atoms with Crippen LogP contribution in [0.4, 0.5) is 10.2 Å². The Balaban J connectivity index is 2.25. The minimum Gasteiger partial charge on any atom is -0.465 e. The standard InChI is InChI=1S/C24H43FN5O6PS/c1-8-34-22(31)24(6,7)28-37(33,29(11-9-16(2)3)12-10-17(4)5)35-14-20-36-19(15-38-20)30-13-18(25)21(26)27-23(30)32/h13,16-17,19-20H,8-12,14-15H2,1-7H3,(H,28,33)(H2,26,27,32)/t19-,20+,37?/m0/s1. The van der Waals surface area contributed by atoms with Gasteiger partial charge in [-0.3, -0.25) is 13.9 Å². The number of nitrogens with one attached hydrogen (secondary N) is 1. The number of aromatic nitrogens is 2. The monoisotopic (exact) mass is 579 g/mol. The lowest BCUT2D eigenvalue weighted by molar-refractivity contribution is -0.149. The molecule has 14 heteroatoms. The Morgan fingerprint density at radius 1 is 1.34 bits per heavy atom. The first-order valence-corrected chi connectivity index (χ1v) is 15.6. The van der Waals surface area contributed by atoms with Crippen molar-refractivity contribution in [2.45, 2.75) is 78.5 Å². The van der Waals surface area contributed by atoms with Gasteiger partial charge in [0.1, 0.15) is 17.2 Å². The van der Waals surface area contributed by atoms with Gasteiger partial charge in [0, 0.05) is 18.8 Å². The minimum absolute atomic E-state index is 0.0934. The molecule has 0 spiro atoms. The SMILES string of the molecule is CCOC(=O)C(C)(C)NP(=O)(OC[C@@H]1O[C@H](n2cc(F)c(N)nc2=O)CS1)N(CCC(C)C)CCC(C)C. The summed E-state index contributed by atoms with van der Waals surface area (Å²) in [7, 11) is -3.78. The third kappa shape index (κ3) is 9.31. The van der Waals surface area contributed by atoms with E-state index in [4.69, 9.17) is 19.7 Å². The van der Waals surface area contributed by atoms with Crippen molar-refractivity contribution in [3.05, 3.63) is 22.5 Å². The lowest BCUT2D eigenvalue weighted by Gasteiger charge is -2.37. The molecule has 38 heavy (non-hydrogen) atoms. The number of carbonyl (C=O) groups is 1. The number of carbonyl (C=O) groups excluding carboxylic acids is 1. The summed E-state index contributed by atoms with van der Waals surface area (Å²) in [6.45, 7) is 14.4. The number of rotatable bonds is 15. The molecule has 0 bridgehead atoms. The van der Waals surface area contributed by atoms with Crippen LogP contribution in [0.1, 0.15) is 67.5 Å². The molecule has 1 unspecified atom stereocenters. The topological polar surface area (TPSA) is 138 Å². The van der Waals surface area contributed by atoms with Crippen molar-refractivity contribution in [2.75, 3.05) is 37.8 Å². The molecule has 0 amide bonds. The van der Waals surface area contributed by atoms with Gasteiger partial charge < -0.3 is 19.7 Å². The van der Waals surface area contributed by atoms with Crippen molar-refractivity contribution >= 4 is 31.2 Å². The van der Waals surface area contributed by atoms with Gasteiger partial charge in [-0.1, -0.05) is 27.7 Å². The van der Waals surface area contributed by atoms with Gasteiger partial charge in [-0.25, -0.2) is 18.9 Å². The molecule has 0 aromatic carbocycles. The number of nitrogen functional groups attached to an aromatic ring is 1. The summed E-state index contributed by atoms with van der Waals surface area (Å²) >= 11 is 1.34. The highest BCUT2D eigenvalue weighted by Gasteiger charge is 2.43. The summed E-state index contributed by atoms with van der Waals surface area (Å²) < 4.78 is 48.4. The van der Waals surface area contributed by atoms with Gasteiger partial charge in [0.15, 0.2) is 11.6 Å². The number of nitrogens with zero attached hydrogens (tertiary/aromatic N) is 3. The molecule has 0 saturated carbocycles. The summed E-state index contributed by atoms with van der Waals surface area (Å²) in [5.41, 5.74) is 2.77. The zero-order chi connectivity index (χ0) is 28.7. The molecule has 1 aliphatic heterocycles. The van der Waals surface area contributed by atoms with E-state index in [2.05, 4.69) is 37.8 Å². The molecule has 2 heterocycles. The molecule has 1 aliphatic rings. The smallest absolute Gasteiger partial charge is 0.351 e. The Morgan fingerprint density at radius 2 is 1.95 bits per heavy atom. The Morgan fingerprint density at radius 3 is 2.50 bits per heavy atom. The molecule has 3 atom stereocenters. The summed E-state index contributed by atoms with van der Waals surface area (Å²) in [6, 6.07) is 0. The van der Waals surface area contributed by atoms with Crippen LogP contribution in [-0.2, 0) is 23.4 Å². The van der Waals surface area contributed by atoms with Gasteiger partial charge in [0.25, 0.3) is 0 Å². The zero-order valence-electron chi connectivity index (χ0n) is 23.4. The molecular weight excluding hydrogens is 536 g/mol. The van der Waals surface area contributed by atoms with Crippen molar-refractivity contribution in [3.8, 4) is 0 Å². The van der Waals surface area contributed by atoms with Crippen molar-refractivity contribution in [1.29, 1.82) is 0 Å². The molecule has 1 saturated heterocycles. The average molecular weight is 580 g/mol. The first-order valence-electron chi connectivity index (χ1n) is 13.0. The maximum atomic E-state index is 14.5. The molecule has 0 radical (unpaired) electrons. The van der Waals surface area contributed by atoms with E-state index in [0.29, 0.717) is 30.7 Å². The van der Waals surface area contributed by atoms with E-state index in [9.17, 15) is 18.5 Å². The first kappa shape index (κ1) is 32.7. The van der Waals surface area contributed by atoms with Gasteiger partial charge in [0.05, 0.1) is 19.4 Å². The molecule has 2 rings (SSSR count). The Bertz CT molecular complexity index is 1030. The molecule has 1 aromatic rings. The van der Waals surface area contributed by atoms with E-state index in [1.807, 2.05) is 0 Å². The maximum absolute atomic E-state index is 14.5. The van der Waals surface area contributed by atoms with Gasteiger partial charge in [-0.15, -0.1) is 11.8 Å². The fourth-order valence-corrected chi connectivity index (χ4v) is 6.94. The van der Waals surface area contributed by atoms with Gasteiger partial charge in [-0.2, -0.15) is 4.98 Å². The maximum Gasteiger partial charge on any atom is 0.351 e. The normalized spacial score (nSPS) is 19.9. The molecular formula is C24H43FN5O6PS. The Hall–Kier alpha value is -1.50. The van der Waals surface area contributed by atoms with Gasteiger partial charge >= 0.3 is 19.3 Å². The van der Waals surface area contributed by atoms with Crippen molar-refractivity contribution in [2.24, 2.45) is 11.8 Å². The summed E-state index contributed by atoms with van der Waals surface area (Å²) in [5, 5.41) is 2.98. The van der Waals surface area contributed by atoms with Crippen LogP contribution >= 0.6 is 19.4 Å². The number of thioether (sulfide) groups is 1. The number of anilines is 1. The van der Waals surface area contributed by atoms with Crippen LogP contribution in [0, 0.1) is 17.7 Å². The molecule has 1 aromatic heterocycles. The van der Waals surface area contributed by atoms with E-state index >= 15 is 0 Å². The second kappa shape index (κ2) is 14.2. The average Bonchev–Trinajstić information content (AvgIpc) is 3.28. The van der Waals surface area contributed by atoms with E-state index in [-0.39, 0.29) is 13.2 Å². The highest BCUT2D eigenvalue weighted by Crippen LogP contribution is 2.50. The predicted molar refractivity (Wildman–Crippen MR) is 147 cm³/mol. The number of hydrogen-bond donors (Lipinski definition) is 2. The molecule has 3 N–H and O–H groups in total. The third-order valence-electron chi connectivity index (χ3n) is 5.87. The Kier molecular flexibility index (Phi) is 12.2. The molecule has 11 nitrogen and oxygen atoms in total. The van der Waals surface area contributed by atoms with Crippen LogP contribution in [0.25, 0.3) is 0 Å². The van der Waals surface area contributed by atoms with Crippen LogP contribution in [0.15, 0.2) is 11.0 Å². The zero-order valence-corrected chi connectivity index (χ0v) is 25.1. The van der Waals surface area contributed by atoms with Crippen LogP contribution in [0.5, 0.6) is 0 Å². The van der Waals surface area contributed by atoms with E-state index in [0.717, 1.165) is 23.6 Å². The predicted octanol–water partition coefficient (Wildman–Crippen LogP) is 4.00. The van der Waals surface area contributed by atoms with E-state index < -0.39 is 48.2 Å². The fourth-order valence-electron chi connectivity index (χ4n) is 3.59. The largest absolute Gasteiger partial charge is 0.465 e. The second-order valence-electron chi connectivity index (χ2n) is 10.6. The second-order valence-corrected chi connectivity index (χ2v) is 13.9. The van der Waals surface area contributed by atoms with Gasteiger partial charge in [-0.05, 0) is 45.4 Å². The third-order valence-corrected chi connectivity index (χ3v) is 9.45. The van der Waals surface area contributed by atoms with Crippen LogP contribution in [0.3, 0.4) is 0 Å². The van der Waals surface area contributed by atoms with Crippen molar-refractivity contribution in [3.63, 3.8) is 0 Å². The summed E-state index contributed by atoms with van der Waals surface area (Å²) in [4.78, 5) is 28.3. The van der Waals surface area contributed by atoms with E-state index in [1.54, 1.807) is 25.4 Å². The minimum atomic E-state index is -3.78. The Labute approximate surface area is 228 Å². The van der Waals surface area contributed by atoms with Gasteiger partial charge in [0.2, 0.25) is 0 Å². The first-order chi connectivity index (χ1) is 17.7. The number of esters is 1. The van der Waals surface area contributed by atoms with E-state index in [1.165, 1.54) is 11.8 Å². The van der Waals surface area contributed by atoms with Crippen LogP contribution in [-0.4, -0.2) is 63.2 Å². The quantitative estimate of drug-likeness (QED) is 0.230. The summed E-state index contributed by atoms with van der Waals surface area (Å²) in [5.74, 6) is -0.778. The molecule has 218 valence electrons. The van der Waals surface area contributed by atoms with Crippen LogP contribution in [0.2, 0.25) is 0 Å². The highest BCUT2D eigenvalue weighted by atomic mass is 32.2.